The van der Waals surface area contributed by atoms with Gasteiger partial charge in [-0.3, -0.25) is 9.78 Å². The van der Waals surface area contributed by atoms with Gasteiger partial charge in [0.25, 0.3) is 0 Å². The predicted octanol–water partition coefficient (Wildman–Crippen LogP) is 4.44. The summed E-state index contributed by atoms with van der Waals surface area (Å²) >= 11 is 0. The average molecular weight is 424 g/mol. The van der Waals surface area contributed by atoms with E-state index in [1.807, 2.05) is 0 Å². The molecule has 0 saturated heterocycles. The summed E-state index contributed by atoms with van der Waals surface area (Å²) in [6.45, 7) is -0.0314. The van der Waals surface area contributed by atoms with E-state index in [1.165, 1.54) is 30.7 Å². The average Bonchev–Trinajstić information content (AvgIpc) is 3.22. The fraction of sp³-hybridized carbons (Fsp3) is 0.130. The predicted molar refractivity (Wildman–Crippen MR) is 109 cm³/mol. The van der Waals surface area contributed by atoms with Gasteiger partial charge in [0.1, 0.15) is 23.8 Å². The van der Waals surface area contributed by atoms with Crippen LogP contribution in [0.4, 0.5) is 8.78 Å². The van der Waals surface area contributed by atoms with Crippen molar-refractivity contribution in [1.82, 2.24) is 4.98 Å². The summed E-state index contributed by atoms with van der Waals surface area (Å²) in [6, 6.07) is 10.5. The quantitative estimate of drug-likeness (QED) is 0.455. The summed E-state index contributed by atoms with van der Waals surface area (Å²) in [6.07, 6.45) is 2.68. The number of nitrogens with zero attached hydrogens (tertiary/aromatic N) is 1. The van der Waals surface area contributed by atoms with Crippen LogP contribution in [0.5, 0.6) is 5.75 Å². The molecule has 0 amide bonds. The van der Waals surface area contributed by atoms with Gasteiger partial charge >= 0.3 is 5.97 Å². The largest absolute Gasteiger partial charge is 0.488 e. The first-order valence-corrected chi connectivity index (χ1v) is 9.43. The number of halogens is 2. The molecular formula is C23H18F2N2O4. The Morgan fingerprint density at radius 3 is 2.74 bits per heavy atom. The highest BCUT2D eigenvalue weighted by atomic mass is 19.1. The zero-order valence-corrected chi connectivity index (χ0v) is 16.3. The van der Waals surface area contributed by atoms with Crippen LogP contribution < -0.4 is 10.5 Å². The lowest BCUT2D eigenvalue weighted by Crippen LogP contribution is -2.05. The van der Waals surface area contributed by atoms with E-state index >= 15 is 0 Å². The first-order chi connectivity index (χ1) is 15.0. The molecule has 0 fully saturated rings. The minimum absolute atomic E-state index is 0.0145. The van der Waals surface area contributed by atoms with Gasteiger partial charge in [0.15, 0.2) is 5.82 Å². The molecule has 4 rings (SSSR count). The van der Waals surface area contributed by atoms with Crippen molar-refractivity contribution in [2.75, 3.05) is 0 Å². The van der Waals surface area contributed by atoms with Gasteiger partial charge in [-0.15, -0.1) is 0 Å². The topological polar surface area (TPSA) is 98.6 Å². The van der Waals surface area contributed by atoms with Crippen molar-refractivity contribution < 1.29 is 27.8 Å². The molecule has 2 aromatic heterocycles. The van der Waals surface area contributed by atoms with Gasteiger partial charge in [-0.25, -0.2) is 8.78 Å². The van der Waals surface area contributed by atoms with Gasteiger partial charge in [-0.1, -0.05) is 6.07 Å². The van der Waals surface area contributed by atoms with Crippen molar-refractivity contribution in [3.63, 3.8) is 0 Å². The fourth-order valence-electron chi connectivity index (χ4n) is 3.40. The number of nitrogens with two attached hydrogens (primary N) is 1. The maximum atomic E-state index is 14.9. The smallest absolute Gasteiger partial charge is 0.307 e. The summed E-state index contributed by atoms with van der Waals surface area (Å²) in [7, 11) is 0. The SMILES string of the molecule is NCc1nccc(-c2cc(COc3cc(F)ccc3CC(=O)O)cc3ccoc23)c1F. The van der Waals surface area contributed by atoms with Crippen LogP contribution in [0.2, 0.25) is 0 Å². The highest BCUT2D eigenvalue weighted by molar-refractivity contribution is 5.93. The van der Waals surface area contributed by atoms with Crippen LogP contribution in [-0.2, 0) is 24.4 Å². The molecule has 0 aliphatic carbocycles. The van der Waals surface area contributed by atoms with E-state index < -0.39 is 17.6 Å². The molecule has 0 saturated carbocycles. The van der Waals surface area contributed by atoms with Crippen LogP contribution in [0.1, 0.15) is 16.8 Å². The molecule has 0 aliphatic rings. The standard InChI is InChI=1S/C23H18F2N2O4/c24-16-2-1-14(9-21(28)29)20(10-16)31-12-13-7-15-4-6-30-23(15)18(8-13)17-3-5-27-19(11-26)22(17)25/h1-8,10H,9,11-12,26H2,(H,28,29). The molecule has 6 nitrogen and oxygen atoms in total. The number of hydrogen-bond donors (Lipinski definition) is 2. The molecule has 2 aromatic carbocycles. The van der Waals surface area contributed by atoms with Crippen LogP contribution in [0.3, 0.4) is 0 Å². The van der Waals surface area contributed by atoms with Crippen molar-refractivity contribution in [3.8, 4) is 16.9 Å². The maximum Gasteiger partial charge on any atom is 0.307 e. The van der Waals surface area contributed by atoms with Crippen LogP contribution in [0.25, 0.3) is 22.1 Å². The lowest BCUT2D eigenvalue weighted by atomic mass is 10.00. The molecule has 3 N–H and O–H groups in total. The molecule has 0 unspecified atom stereocenters. The Labute approximate surface area is 175 Å². The summed E-state index contributed by atoms with van der Waals surface area (Å²) in [4.78, 5) is 15.0. The lowest BCUT2D eigenvalue weighted by molar-refractivity contribution is -0.136. The van der Waals surface area contributed by atoms with Crippen LogP contribution >= 0.6 is 0 Å². The molecule has 2 heterocycles. The molecule has 31 heavy (non-hydrogen) atoms. The van der Waals surface area contributed by atoms with E-state index in [0.29, 0.717) is 22.3 Å². The fourth-order valence-corrected chi connectivity index (χ4v) is 3.40. The Bertz CT molecular complexity index is 1270. The number of aromatic nitrogens is 1. The normalized spacial score (nSPS) is 11.1. The Morgan fingerprint density at radius 2 is 1.97 bits per heavy atom. The monoisotopic (exact) mass is 424 g/mol. The number of ether oxygens (including phenoxy) is 1. The Balaban J connectivity index is 1.71. The van der Waals surface area contributed by atoms with E-state index in [1.54, 1.807) is 18.2 Å². The first kappa shape index (κ1) is 20.5. The third-order valence-corrected chi connectivity index (χ3v) is 4.82. The Kier molecular flexibility index (Phi) is 5.64. The van der Waals surface area contributed by atoms with Gasteiger partial charge in [0.05, 0.1) is 18.4 Å². The van der Waals surface area contributed by atoms with Gasteiger partial charge < -0.3 is 20.0 Å². The number of furan rings is 1. The van der Waals surface area contributed by atoms with Crippen LogP contribution in [0.15, 0.2) is 59.3 Å². The number of carboxylic acid groups (broad SMARTS) is 1. The minimum Gasteiger partial charge on any atom is -0.488 e. The van der Waals surface area contributed by atoms with Crippen molar-refractivity contribution in [1.29, 1.82) is 0 Å². The third kappa shape index (κ3) is 4.24. The molecule has 158 valence electrons. The summed E-state index contributed by atoms with van der Waals surface area (Å²) in [5.74, 6) is -1.99. The van der Waals surface area contributed by atoms with Gasteiger partial charge in [-0.2, -0.15) is 0 Å². The second kappa shape index (κ2) is 8.53. The number of carboxylic acids is 1. The number of hydrogen-bond acceptors (Lipinski definition) is 5. The summed E-state index contributed by atoms with van der Waals surface area (Å²) in [5, 5.41) is 9.79. The lowest BCUT2D eigenvalue weighted by Gasteiger charge is -2.13. The molecular weight excluding hydrogens is 406 g/mol. The number of fused-ring (bicyclic) bond motifs is 1. The maximum absolute atomic E-state index is 14.9. The van der Waals surface area contributed by atoms with Crippen LogP contribution in [0, 0.1) is 11.6 Å². The van der Waals surface area contributed by atoms with E-state index in [2.05, 4.69) is 4.98 Å². The summed E-state index contributed by atoms with van der Waals surface area (Å²) in [5.41, 5.74) is 8.01. The van der Waals surface area contributed by atoms with Crippen LogP contribution in [-0.4, -0.2) is 16.1 Å². The van der Waals surface area contributed by atoms with E-state index in [4.69, 9.17) is 20.0 Å². The Hall–Kier alpha value is -3.78. The second-order valence-corrected chi connectivity index (χ2v) is 6.92. The van der Waals surface area contributed by atoms with Gasteiger partial charge in [-0.05, 0) is 35.9 Å². The first-order valence-electron chi connectivity index (χ1n) is 9.43. The van der Waals surface area contributed by atoms with Crippen molar-refractivity contribution in [2.45, 2.75) is 19.6 Å². The molecule has 8 heteroatoms. The van der Waals surface area contributed by atoms with Crippen molar-refractivity contribution >= 4 is 16.9 Å². The summed E-state index contributed by atoms with van der Waals surface area (Å²) < 4.78 is 39.9. The molecule has 0 bridgehead atoms. The van der Waals surface area contributed by atoms with Crippen molar-refractivity contribution in [2.24, 2.45) is 5.73 Å². The number of benzene rings is 2. The van der Waals surface area contributed by atoms with Gasteiger partial charge in [0.2, 0.25) is 0 Å². The molecule has 0 radical (unpaired) electrons. The Morgan fingerprint density at radius 1 is 1.13 bits per heavy atom. The molecule has 0 aliphatic heterocycles. The number of pyridine rings is 1. The third-order valence-electron chi connectivity index (χ3n) is 4.82. The molecule has 0 atom stereocenters. The van der Waals surface area contributed by atoms with E-state index in [-0.39, 0.29) is 36.6 Å². The second-order valence-electron chi connectivity index (χ2n) is 6.92. The van der Waals surface area contributed by atoms with E-state index in [0.717, 1.165) is 11.5 Å². The minimum atomic E-state index is -1.05. The number of carbonyl (C=O) groups is 1. The van der Waals surface area contributed by atoms with Crippen molar-refractivity contribution in [3.05, 3.63) is 83.4 Å². The zero-order chi connectivity index (χ0) is 22.0. The van der Waals surface area contributed by atoms with Gasteiger partial charge in [0, 0.05) is 40.9 Å². The number of aliphatic carboxylic acids is 1. The van der Waals surface area contributed by atoms with E-state index in [9.17, 15) is 13.6 Å². The highest BCUT2D eigenvalue weighted by Gasteiger charge is 2.17. The molecule has 4 aromatic rings. The highest BCUT2D eigenvalue weighted by Crippen LogP contribution is 2.33. The zero-order valence-electron chi connectivity index (χ0n) is 16.3. The molecule has 0 spiro atoms. The number of rotatable bonds is 7.